The number of hydrogen-bond acceptors (Lipinski definition) is 4. The van der Waals surface area contributed by atoms with E-state index in [0.717, 1.165) is 44.9 Å². The monoisotopic (exact) mass is 246 g/mol. The molecule has 0 spiro atoms. The summed E-state index contributed by atoms with van der Waals surface area (Å²) < 4.78 is 0. The number of aliphatic hydroxyl groups is 1. The molecule has 5 heteroatoms. The molecule has 0 aromatic rings. The zero-order chi connectivity index (χ0) is 11.8. The van der Waals surface area contributed by atoms with Crippen molar-refractivity contribution in [2.75, 3.05) is 50.8 Å². The highest BCUT2D eigenvalue weighted by atomic mass is 32.2. The van der Waals surface area contributed by atoms with Crippen LogP contribution in [0.3, 0.4) is 0 Å². The molecule has 94 valence electrons. The highest BCUT2D eigenvalue weighted by Gasteiger charge is 2.19. The van der Waals surface area contributed by atoms with E-state index < -0.39 is 0 Å². The highest BCUT2D eigenvalue weighted by molar-refractivity contribution is 7.99. The Balaban J connectivity index is 2.17. The van der Waals surface area contributed by atoms with E-state index in [4.69, 9.17) is 5.11 Å². The topological polar surface area (TPSA) is 43.8 Å². The van der Waals surface area contributed by atoms with Gasteiger partial charge in [0.05, 0.1) is 12.4 Å². The molecule has 1 rings (SSSR count). The molecule has 4 nitrogen and oxygen atoms in total. The van der Waals surface area contributed by atoms with E-state index >= 15 is 0 Å². The maximum absolute atomic E-state index is 11.8. The molecule has 1 aliphatic heterocycles. The number of β-amino-alcohol motifs (C(OH)–C–C–N with tert-alkyl or cyclic N) is 1. The molecule has 0 saturated carbocycles. The van der Waals surface area contributed by atoms with E-state index in [2.05, 4.69) is 11.8 Å². The van der Waals surface area contributed by atoms with Gasteiger partial charge in [-0.05, 0) is 12.2 Å². The third-order valence-electron chi connectivity index (χ3n) is 2.72. The summed E-state index contributed by atoms with van der Waals surface area (Å²) in [7, 11) is 0. The number of aliphatic hydroxyl groups excluding tert-OH is 1. The molecule has 0 radical (unpaired) electrons. The van der Waals surface area contributed by atoms with Crippen LogP contribution in [0.25, 0.3) is 0 Å². The van der Waals surface area contributed by atoms with Gasteiger partial charge >= 0.3 is 0 Å². The Kier molecular flexibility index (Phi) is 6.84. The average molecular weight is 246 g/mol. The number of hydrogen-bond donors (Lipinski definition) is 1. The molecule has 1 amide bonds. The van der Waals surface area contributed by atoms with E-state index in [0.29, 0.717) is 5.75 Å². The summed E-state index contributed by atoms with van der Waals surface area (Å²) in [6, 6.07) is 0. The maximum atomic E-state index is 11.8. The van der Waals surface area contributed by atoms with Crippen LogP contribution in [0.2, 0.25) is 0 Å². The largest absolute Gasteiger partial charge is 0.395 e. The third kappa shape index (κ3) is 4.72. The molecule has 1 saturated heterocycles. The Morgan fingerprint density at radius 2 is 2.00 bits per heavy atom. The van der Waals surface area contributed by atoms with Gasteiger partial charge in [0.2, 0.25) is 5.91 Å². The third-order valence-corrected chi connectivity index (χ3v) is 3.86. The first-order valence-corrected chi connectivity index (χ1v) is 7.12. The van der Waals surface area contributed by atoms with Gasteiger partial charge in [-0.25, -0.2) is 0 Å². The fourth-order valence-electron chi connectivity index (χ4n) is 1.76. The minimum Gasteiger partial charge on any atom is -0.395 e. The summed E-state index contributed by atoms with van der Waals surface area (Å²) in [6.45, 7) is 6.48. The van der Waals surface area contributed by atoms with Crippen LogP contribution in [0.15, 0.2) is 0 Å². The number of thioether (sulfide) groups is 1. The number of nitrogens with zero attached hydrogens (tertiary/aromatic N) is 2. The SMILES string of the molecule is CCCSCC(=O)N1CCN(CCO)CC1. The van der Waals surface area contributed by atoms with E-state index in [1.807, 2.05) is 4.90 Å². The lowest BCUT2D eigenvalue weighted by Crippen LogP contribution is -2.49. The van der Waals surface area contributed by atoms with Crippen LogP contribution in [-0.2, 0) is 4.79 Å². The predicted molar refractivity (Wildman–Crippen MR) is 67.7 cm³/mol. The summed E-state index contributed by atoms with van der Waals surface area (Å²) in [5.41, 5.74) is 0. The van der Waals surface area contributed by atoms with Gasteiger partial charge in [0.25, 0.3) is 0 Å². The van der Waals surface area contributed by atoms with Crippen LogP contribution in [0.5, 0.6) is 0 Å². The molecule has 1 heterocycles. The van der Waals surface area contributed by atoms with Gasteiger partial charge in [0.1, 0.15) is 0 Å². The lowest BCUT2D eigenvalue weighted by Gasteiger charge is -2.34. The molecule has 1 aliphatic rings. The second-order valence-electron chi connectivity index (χ2n) is 4.00. The van der Waals surface area contributed by atoms with Crippen LogP contribution in [0.1, 0.15) is 13.3 Å². The van der Waals surface area contributed by atoms with Crippen molar-refractivity contribution in [1.29, 1.82) is 0 Å². The van der Waals surface area contributed by atoms with Crippen molar-refractivity contribution >= 4 is 17.7 Å². The zero-order valence-electron chi connectivity index (χ0n) is 10.0. The Morgan fingerprint density at radius 3 is 2.56 bits per heavy atom. The first-order valence-electron chi connectivity index (χ1n) is 5.96. The van der Waals surface area contributed by atoms with Gasteiger partial charge < -0.3 is 10.0 Å². The molecule has 0 aromatic heterocycles. The van der Waals surface area contributed by atoms with Gasteiger partial charge in [-0.1, -0.05) is 6.92 Å². The quantitative estimate of drug-likeness (QED) is 0.683. The summed E-state index contributed by atoms with van der Waals surface area (Å²) in [5.74, 6) is 1.95. The van der Waals surface area contributed by atoms with E-state index in [1.165, 1.54) is 0 Å². The predicted octanol–water partition coefficient (Wildman–Crippen LogP) is 0.266. The Morgan fingerprint density at radius 1 is 1.31 bits per heavy atom. The summed E-state index contributed by atoms with van der Waals surface area (Å²) in [4.78, 5) is 15.9. The molecular formula is C11H22N2O2S. The Labute approximate surface area is 102 Å². The van der Waals surface area contributed by atoms with Crippen LogP contribution in [0.4, 0.5) is 0 Å². The Hall–Kier alpha value is -0.260. The second-order valence-corrected chi connectivity index (χ2v) is 5.10. The second kappa shape index (κ2) is 7.92. The van der Waals surface area contributed by atoms with Crippen LogP contribution >= 0.6 is 11.8 Å². The van der Waals surface area contributed by atoms with Crippen LogP contribution in [0, 0.1) is 0 Å². The molecular weight excluding hydrogens is 224 g/mol. The van der Waals surface area contributed by atoms with Crippen molar-refractivity contribution in [3.63, 3.8) is 0 Å². The molecule has 0 unspecified atom stereocenters. The van der Waals surface area contributed by atoms with Crippen molar-refractivity contribution in [2.45, 2.75) is 13.3 Å². The van der Waals surface area contributed by atoms with Crippen molar-refractivity contribution in [3.05, 3.63) is 0 Å². The summed E-state index contributed by atoms with van der Waals surface area (Å²) in [5, 5.41) is 8.81. The molecule has 0 aliphatic carbocycles. The molecule has 0 bridgehead atoms. The van der Waals surface area contributed by atoms with E-state index in [1.54, 1.807) is 11.8 Å². The van der Waals surface area contributed by atoms with Gasteiger partial charge in [-0.15, -0.1) is 0 Å². The minimum atomic E-state index is 0.209. The number of amides is 1. The van der Waals surface area contributed by atoms with E-state index in [9.17, 15) is 4.79 Å². The van der Waals surface area contributed by atoms with Crippen LogP contribution < -0.4 is 0 Å². The lowest BCUT2D eigenvalue weighted by atomic mass is 10.3. The summed E-state index contributed by atoms with van der Waals surface area (Å²) >= 11 is 1.72. The zero-order valence-corrected chi connectivity index (χ0v) is 10.8. The van der Waals surface area contributed by atoms with Gasteiger partial charge in [0, 0.05) is 32.7 Å². The maximum Gasteiger partial charge on any atom is 0.232 e. The normalized spacial score (nSPS) is 17.8. The standard InChI is InChI=1S/C11H22N2O2S/c1-2-9-16-10-11(15)13-5-3-12(4-6-13)7-8-14/h14H,2-10H2,1H3. The van der Waals surface area contributed by atoms with Gasteiger partial charge in [-0.2, -0.15) is 11.8 Å². The van der Waals surface area contributed by atoms with Crippen LogP contribution in [-0.4, -0.2) is 71.6 Å². The van der Waals surface area contributed by atoms with Gasteiger partial charge in [0.15, 0.2) is 0 Å². The molecule has 0 aromatic carbocycles. The number of piperazine rings is 1. The fourth-order valence-corrected chi connectivity index (χ4v) is 2.55. The smallest absolute Gasteiger partial charge is 0.232 e. The van der Waals surface area contributed by atoms with Gasteiger partial charge in [-0.3, -0.25) is 9.69 Å². The average Bonchev–Trinajstić information content (AvgIpc) is 2.30. The highest BCUT2D eigenvalue weighted by Crippen LogP contribution is 2.07. The number of carbonyl (C=O) groups is 1. The van der Waals surface area contributed by atoms with Crippen molar-refractivity contribution < 1.29 is 9.90 Å². The molecule has 1 N–H and O–H groups in total. The molecule has 1 fully saturated rings. The lowest BCUT2D eigenvalue weighted by molar-refractivity contribution is -0.130. The fraction of sp³-hybridized carbons (Fsp3) is 0.909. The summed E-state index contributed by atoms with van der Waals surface area (Å²) in [6.07, 6.45) is 1.13. The van der Waals surface area contributed by atoms with E-state index in [-0.39, 0.29) is 12.5 Å². The number of rotatable bonds is 6. The first kappa shape index (κ1) is 13.8. The molecule has 0 atom stereocenters. The van der Waals surface area contributed by atoms with Crippen molar-refractivity contribution in [3.8, 4) is 0 Å². The van der Waals surface area contributed by atoms with Crippen molar-refractivity contribution in [1.82, 2.24) is 9.80 Å². The Bertz CT molecular complexity index is 206. The molecule has 16 heavy (non-hydrogen) atoms. The first-order chi connectivity index (χ1) is 7.77. The van der Waals surface area contributed by atoms with Crippen molar-refractivity contribution in [2.24, 2.45) is 0 Å². The minimum absolute atomic E-state index is 0.209. The number of carbonyl (C=O) groups excluding carboxylic acids is 1.